The third-order valence-corrected chi connectivity index (χ3v) is 4.02. The third-order valence-electron chi connectivity index (χ3n) is 4.02. The molecule has 1 aromatic rings. The normalized spacial score (nSPS) is 21.3. The number of nitrogens with two attached hydrogens (primary N) is 1. The molecular formula is C15H23N3O. The number of hydrogen-bond donors (Lipinski definition) is 2. The Balaban J connectivity index is 2.02. The summed E-state index contributed by atoms with van der Waals surface area (Å²) in [7, 11) is 0. The number of amides is 1. The summed E-state index contributed by atoms with van der Waals surface area (Å²) in [6.07, 6.45) is 1.18. The molecule has 0 radical (unpaired) electrons. The third kappa shape index (κ3) is 3.07. The Bertz CT molecular complexity index is 472. The molecule has 2 atom stereocenters. The molecule has 0 aromatic heterocycles. The molecule has 4 nitrogen and oxygen atoms in total. The summed E-state index contributed by atoms with van der Waals surface area (Å²) >= 11 is 0. The van der Waals surface area contributed by atoms with Crippen LogP contribution < -0.4 is 11.1 Å². The predicted octanol–water partition coefficient (Wildman–Crippen LogP) is 2.25. The Morgan fingerprint density at radius 2 is 2.26 bits per heavy atom. The second-order valence-electron chi connectivity index (χ2n) is 5.57. The van der Waals surface area contributed by atoms with E-state index in [0.717, 1.165) is 24.3 Å². The van der Waals surface area contributed by atoms with Crippen molar-refractivity contribution in [2.24, 2.45) is 5.92 Å². The Hall–Kier alpha value is -1.55. The van der Waals surface area contributed by atoms with Crippen molar-refractivity contribution >= 4 is 17.3 Å². The maximum absolute atomic E-state index is 12.3. The van der Waals surface area contributed by atoms with E-state index in [2.05, 4.69) is 17.1 Å². The van der Waals surface area contributed by atoms with Crippen molar-refractivity contribution in [2.45, 2.75) is 33.2 Å². The molecule has 0 aliphatic carbocycles. The van der Waals surface area contributed by atoms with Crippen LogP contribution in [0.2, 0.25) is 0 Å². The number of nitrogens with zero attached hydrogens (tertiary/aromatic N) is 1. The largest absolute Gasteiger partial charge is 0.398 e. The number of rotatable bonds is 3. The van der Waals surface area contributed by atoms with E-state index in [1.165, 1.54) is 6.42 Å². The van der Waals surface area contributed by atoms with Gasteiger partial charge in [0.2, 0.25) is 5.91 Å². The van der Waals surface area contributed by atoms with Crippen LogP contribution in [0.4, 0.5) is 11.4 Å². The first-order chi connectivity index (χ1) is 8.99. The lowest BCUT2D eigenvalue weighted by Gasteiger charge is -2.23. The van der Waals surface area contributed by atoms with E-state index in [1.807, 2.05) is 32.0 Å². The molecule has 0 spiro atoms. The van der Waals surface area contributed by atoms with Crippen molar-refractivity contribution in [3.05, 3.63) is 23.8 Å². The summed E-state index contributed by atoms with van der Waals surface area (Å²) in [5.41, 5.74) is 8.30. The Kier molecular flexibility index (Phi) is 4.10. The summed E-state index contributed by atoms with van der Waals surface area (Å²) in [5.74, 6) is 0.729. The lowest BCUT2D eigenvalue weighted by molar-refractivity contribution is -0.120. The first kappa shape index (κ1) is 13.9. The average molecular weight is 261 g/mol. The zero-order valence-corrected chi connectivity index (χ0v) is 11.9. The highest BCUT2D eigenvalue weighted by Crippen LogP contribution is 2.22. The fourth-order valence-corrected chi connectivity index (χ4v) is 2.51. The van der Waals surface area contributed by atoms with Crippen LogP contribution in [0.25, 0.3) is 0 Å². The molecule has 1 heterocycles. The molecule has 1 amide bonds. The minimum Gasteiger partial charge on any atom is -0.398 e. The number of nitrogens with one attached hydrogen (secondary N) is 1. The van der Waals surface area contributed by atoms with Gasteiger partial charge in [-0.1, -0.05) is 13.0 Å². The lowest BCUT2D eigenvalue weighted by Crippen LogP contribution is -2.40. The fraction of sp³-hybridized carbons (Fsp3) is 0.533. The summed E-state index contributed by atoms with van der Waals surface area (Å²) in [4.78, 5) is 14.5. The second-order valence-corrected chi connectivity index (χ2v) is 5.57. The molecule has 1 aliphatic heterocycles. The van der Waals surface area contributed by atoms with Crippen molar-refractivity contribution in [1.82, 2.24) is 4.90 Å². The summed E-state index contributed by atoms with van der Waals surface area (Å²) < 4.78 is 0. The molecule has 4 heteroatoms. The maximum Gasteiger partial charge on any atom is 0.241 e. The van der Waals surface area contributed by atoms with Gasteiger partial charge in [0.25, 0.3) is 0 Å². The van der Waals surface area contributed by atoms with E-state index >= 15 is 0 Å². The van der Waals surface area contributed by atoms with Crippen molar-refractivity contribution in [2.75, 3.05) is 24.1 Å². The number of carbonyl (C=O) groups is 1. The monoisotopic (exact) mass is 261 g/mol. The van der Waals surface area contributed by atoms with Crippen molar-refractivity contribution in [1.29, 1.82) is 0 Å². The van der Waals surface area contributed by atoms with E-state index < -0.39 is 0 Å². The van der Waals surface area contributed by atoms with Crippen LogP contribution in [0.5, 0.6) is 0 Å². The van der Waals surface area contributed by atoms with Gasteiger partial charge < -0.3 is 11.1 Å². The molecule has 1 aromatic carbocycles. The van der Waals surface area contributed by atoms with Gasteiger partial charge in [0.1, 0.15) is 0 Å². The van der Waals surface area contributed by atoms with Crippen LogP contribution in [0, 0.1) is 12.8 Å². The van der Waals surface area contributed by atoms with E-state index in [0.29, 0.717) is 11.6 Å². The van der Waals surface area contributed by atoms with Crippen LogP contribution in [0.1, 0.15) is 25.8 Å². The molecule has 0 saturated carbocycles. The van der Waals surface area contributed by atoms with Crippen molar-refractivity contribution in [3.8, 4) is 0 Å². The maximum atomic E-state index is 12.3. The number of likely N-dealkylation sites (tertiary alicyclic amines) is 1. The van der Waals surface area contributed by atoms with Gasteiger partial charge >= 0.3 is 0 Å². The van der Waals surface area contributed by atoms with Gasteiger partial charge in [-0.05, 0) is 50.4 Å². The highest BCUT2D eigenvalue weighted by molar-refractivity contribution is 5.95. The highest BCUT2D eigenvalue weighted by atomic mass is 16.2. The quantitative estimate of drug-likeness (QED) is 0.820. The van der Waals surface area contributed by atoms with Gasteiger partial charge in [-0.3, -0.25) is 9.69 Å². The molecule has 1 aliphatic rings. The molecule has 19 heavy (non-hydrogen) atoms. The topological polar surface area (TPSA) is 58.4 Å². The van der Waals surface area contributed by atoms with Gasteiger partial charge in [-0.15, -0.1) is 0 Å². The number of nitrogen functional groups attached to an aromatic ring is 1. The summed E-state index contributed by atoms with van der Waals surface area (Å²) in [6.45, 7) is 8.13. The average Bonchev–Trinajstić information content (AvgIpc) is 2.80. The number of carbonyl (C=O) groups excluding carboxylic acids is 1. The zero-order valence-electron chi connectivity index (χ0n) is 11.9. The summed E-state index contributed by atoms with van der Waals surface area (Å²) in [6, 6.07) is 5.51. The lowest BCUT2D eigenvalue weighted by atomic mass is 10.1. The Labute approximate surface area is 115 Å². The predicted molar refractivity (Wildman–Crippen MR) is 79.0 cm³/mol. The smallest absolute Gasteiger partial charge is 0.241 e. The minimum atomic E-state index is -0.0919. The Morgan fingerprint density at radius 3 is 2.89 bits per heavy atom. The SMILES string of the molecule is Cc1c(N)cccc1NC(=O)C(C)N1CCC(C)C1. The standard InChI is InChI=1S/C15H23N3O/c1-10-7-8-18(9-10)12(3)15(19)17-14-6-4-5-13(16)11(14)2/h4-6,10,12H,7-9,16H2,1-3H3,(H,17,19). The Morgan fingerprint density at radius 1 is 1.53 bits per heavy atom. The number of hydrogen-bond acceptors (Lipinski definition) is 3. The molecule has 0 bridgehead atoms. The van der Waals surface area contributed by atoms with Crippen LogP contribution in [0.3, 0.4) is 0 Å². The van der Waals surface area contributed by atoms with E-state index in [1.54, 1.807) is 0 Å². The van der Waals surface area contributed by atoms with Gasteiger partial charge in [0.05, 0.1) is 6.04 Å². The van der Waals surface area contributed by atoms with Crippen LogP contribution in [-0.2, 0) is 4.79 Å². The van der Waals surface area contributed by atoms with Gasteiger partial charge in [0, 0.05) is 17.9 Å². The van der Waals surface area contributed by atoms with Gasteiger partial charge in [0.15, 0.2) is 0 Å². The van der Waals surface area contributed by atoms with Crippen molar-refractivity contribution < 1.29 is 4.79 Å². The highest BCUT2D eigenvalue weighted by Gasteiger charge is 2.27. The molecular weight excluding hydrogens is 238 g/mol. The second kappa shape index (κ2) is 5.61. The van der Waals surface area contributed by atoms with Crippen LogP contribution >= 0.6 is 0 Å². The fourth-order valence-electron chi connectivity index (χ4n) is 2.51. The molecule has 1 saturated heterocycles. The number of anilines is 2. The van der Waals surface area contributed by atoms with E-state index in [9.17, 15) is 4.79 Å². The molecule has 3 N–H and O–H groups in total. The molecule has 104 valence electrons. The van der Waals surface area contributed by atoms with Crippen LogP contribution in [0.15, 0.2) is 18.2 Å². The van der Waals surface area contributed by atoms with E-state index in [4.69, 9.17) is 5.73 Å². The van der Waals surface area contributed by atoms with Crippen molar-refractivity contribution in [3.63, 3.8) is 0 Å². The number of benzene rings is 1. The van der Waals surface area contributed by atoms with Gasteiger partial charge in [-0.2, -0.15) is 0 Å². The van der Waals surface area contributed by atoms with Crippen LogP contribution in [-0.4, -0.2) is 29.9 Å². The molecule has 2 unspecified atom stereocenters. The van der Waals surface area contributed by atoms with Gasteiger partial charge in [-0.25, -0.2) is 0 Å². The summed E-state index contributed by atoms with van der Waals surface area (Å²) in [5, 5.41) is 2.98. The minimum absolute atomic E-state index is 0.0443. The van der Waals surface area contributed by atoms with E-state index in [-0.39, 0.29) is 11.9 Å². The first-order valence-corrected chi connectivity index (χ1v) is 6.89. The molecule has 2 rings (SSSR count). The first-order valence-electron chi connectivity index (χ1n) is 6.89. The molecule has 1 fully saturated rings. The zero-order chi connectivity index (χ0) is 14.0.